The van der Waals surface area contributed by atoms with Gasteiger partial charge in [-0.3, -0.25) is 0 Å². The third kappa shape index (κ3) is 1.70. The third-order valence-corrected chi connectivity index (χ3v) is 3.50. The molecule has 0 N–H and O–H groups in total. The van der Waals surface area contributed by atoms with Crippen molar-refractivity contribution in [2.24, 2.45) is 0 Å². The lowest BCUT2D eigenvalue weighted by Crippen LogP contribution is -2.04. The quantitative estimate of drug-likeness (QED) is 0.746. The van der Waals surface area contributed by atoms with E-state index >= 15 is 0 Å². The minimum atomic E-state index is -0.255. The van der Waals surface area contributed by atoms with Crippen LogP contribution in [0.4, 0.5) is 0 Å². The molecular formula is C16H13NO. The molecule has 1 saturated heterocycles. The number of hydrogen-bond donors (Lipinski definition) is 0. The Balaban J connectivity index is 1.88. The Morgan fingerprint density at radius 3 is 2.33 bits per heavy atom. The first-order chi connectivity index (χ1) is 8.74. The topological polar surface area (TPSA) is 36.3 Å². The van der Waals surface area contributed by atoms with Gasteiger partial charge in [0.05, 0.1) is 11.6 Å². The van der Waals surface area contributed by atoms with Gasteiger partial charge in [-0.25, -0.2) is 0 Å². The predicted octanol–water partition coefficient (Wildman–Crippen LogP) is 3.54. The summed E-state index contributed by atoms with van der Waals surface area (Å²) < 4.78 is 5.87. The molecule has 0 radical (unpaired) electrons. The summed E-state index contributed by atoms with van der Waals surface area (Å²) in [4.78, 5) is 0. The lowest BCUT2D eigenvalue weighted by molar-refractivity contribution is 0.313. The highest BCUT2D eigenvalue weighted by Gasteiger charge is 2.54. The molecule has 0 bridgehead atoms. The van der Waals surface area contributed by atoms with Gasteiger partial charge >= 0.3 is 0 Å². The van der Waals surface area contributed by atoms with Gasteiger partial charge in [0, 0.05) is 0 Å². The molecule has 2 aromatic rings. The molecule has 0 amide bonds. The molecule has 2 heteroatoms. The van der Waals surface area contributed by atoms with E-state index in [2.05, 4.69) is 25.1 Å². The van der Waals surface area contributed by atoms with Gasteiger partial charge in [0.1, 0.15) is 11.7 Å². The van der Waals surface area contributed by atoms with Crippen LogP contribution in [-0.4, -0.2) is 0 Å². The van der Waals surface area contributed by atoms with Crippen molar-refractivity contribution >= 4 is 0 Å². The van der Waals surface area contributed by atoms with Crippen molar-refractivity contribution in [2.75, 3.05) is 0 Å². The van der Waals surface area contributed by atoms with Crippen molar-refractivity contribution in [2.45, 2.75) is 18.6 Å². The zero-order valence-corrected chi connectivity index (χ0v) is 10.1. The first-order valence-electron chi connectivity index (χ1n) is 5.97. The van der Waals surface area contributed by atoms with Crippen LogP contribution in [-0.2, 0) is 10.3 Å². The summed E-state index contributed by atoms with van der Waals surface area (Å²) in [6.45, 7) is 2.09. The first-order valence-corrected chi connectivity index (χ1v) is 5.97. The molecule has 2 atom stereocenters. The maximum absolute atomic E-state index is 8.80. The van der Waals surface area contributed by atoms with E-state index in [9.17, 15) is 0 Å². The van der Waals surface area contributed by atoms with Gasteiger partial charge in [-0.05, 0) is 30.2 Å². The Hall–Kier alpha value is -2.11. The van der Waals surface area contributed by atoms with Crippen molar-refractivity contribution in [3.05, 3.63) is 71.3 Å². The smallest absolute Gasteiger partial charge is 0.122 e. The average molecular weight is 235 g/mol. The summed E-state index contributed by atoms with van der Waals surface area (Å²) in [7, 11) is 0. The molecule has 1 heterocycles. The summed E-state index contributed by atoms with van der Waals surface area (Å²) in [5.41, 5.74) is 2.74. The maximum atomic E-state index is 8.80. The summed E-state index contributed by atoms with van der Waals surface area (Å²) >= 11 is 0. The Bertz CT molecular complexity index is 597. The molecule has 0 unspecified atom stereocenters. The lowest BCUT2D eigenvalue weighted by Gasteiger charge is -2.06. The van der Waals surface area contributed by atoms with E-state index in [1.807, 2.05) is 42.5 Å². The van der Waals surface area contributed by atoms with Crippen molar-refractivity contribution in [1.82, 2.24) is 0 Å². The molecule has 2 nitrogen and oxygen atoms in total. The molecule has 1 aliphatic rings. The number of hydrogen-bond acceptors (Lipinski definition) is 2. The molecule has 18 heavy (non-hydrogen) atoms. The van der Waals surface area contributed by atoms with E-state index in [4.69, 9.17) is 10.00 Å². The van der Waals surface area contributed by atoms with E-state index < -0.39 is 0 Å². The molecule has 3 rings (SSSR count). The minimum Gasteiger partial charge on any atom is -0.356 e. The number of benzene rings is 2. The van der Waals surface area contributed by atoms with Gasteiger partial charge in [-0.15, -0.1) is 0 Å². The Labute approximate surface area is 106 Å². The molecule has 1 aliphatic heterocycles. The summed E-state index contributed by atoms with van der Waals surface area (Å²) in [6, 6.07) is 20.0. The molecule has 1 fully saturated rings. The zero-order valence-electron chi connectivity index (χ0n) is 10.1. The summed E-state index contributed by atoms with van der Waals surface area (Å²) in [5, 5.41) is 8.80. The molecular weight excluding hydrogens is 222 g/mol. The van der Waals surface area contributed by atoms with E-state index in [1.165, 1.54) is 5.56 Å². The second-order valence-electron chi connectivity index (χ2n) is 4.70. The summed E-state index contributed by atoms with van der Waals surface area (Å²) in [6.07, 6.45) is 0.117. The van der Waals surface area contributed by atoms with Gasteiger partial charge < -0.3 is 4.74 Å². The maximum Gasteiger partial charge on any atom is 0.122 e. The lowest BCUT2D eigenvalue weighted by atomic mass is 9.93. The van der Waals surface area contributed by atoms with Gasteiger partial charge in [-0.2, -0.15) is 5.26 Å². The van der Waals surface area contributed by atoms with Crippen LogP contribution in [0, 0.1) is 11.3 Å². The van der Waals surface area contributed by atoms with Gasteiger partial charge in [0.2, 0.25) is 0 Å². The number of nitrogens with zero attached hydrogens (tertiary/aromatic N) is 1. The van der Waals surface area contributed by atoms with Crippen LogP contribution in [0.25, 0.3) is 0 Å². The van der Waals surface area contributed by atoms with Crippen molar-refractivity contribution in [3.8, 4) is 6.07 Å². The molecule has 0 spiro atoms. The van der Waals surface area contributed by atoms with Gasteiger partial charge in [-0.1, -0.05) is 42.5 Å². The van der Waals surface area contributed by atoms with E-state index in [0.29, 0.717) is 5.56 Å². The second-order valence-corrected chi connectivity index (χ2v) is 4.70. The second kappa shape index (κ2) is 3.97. The third-order valence-electron chi connectivity index (χ3n) is 3.50. The number of epoxide rings is 1. The molecule has 2 aromatic carbocycles. The predicted molar refractivity (Wildman–Crippen MR) is 68.8 cm³/mol. The molecule has 0 aliphatic carbocycles. The highest BCUT2D eigenvalue weighted by Crippen LogP contribution is 2.56. The number of ether oxygens (including phenoxy) is 1. The van der Waals surface area contributed by atoms with E-state index in [-0.39, 0.29) is 11.7 Å². The molecule has 0 aromatic heterocycles. The van der Waals surface area contributed by atoms with E-state index in [1.54, 1.807) is 0 Å². The monoisotopic (exact) mass is 235 g/mol. The van der Waals surface area contributed by atoms with Crippen LogP contribution in [0.5, 0.6) is 0 Å². The number of nitriles is 1. The Morgan fingerprint density at radius 1 is 1.06 bits per heavy atom. The van der Waals surface area contributed by atoms with Crippen LogP contribution in [0.2, 0.25) is 0 Å². The normalized spacial score (nSPS) is 25.4. The Kier molecular flexibility index (Phi) is 2.43. The first kappa shape index (κ1) is 11.0. The Morgan fingerprint density at radius 2 is 1.72 bits per heavy atom. The van der Waals surface area contributed by atoms with Crippen LogP contribution < -0.4 is 0 Å². The highest BCUT2D eigenvalue weighted by atomic mass is 16.6. The van der Waals surface area contributed by atoms with Crippen LogP contribution in [0.3, 0.4) is 0 Å². The minimum absolute atomic E-state index is 0.117. The van der Waals surface area contributed by atoms with Crippen LogP contribution in [0.1, 0.15) is 29.7 Å². The van der Waals surface area contributed by atoms with Crippen LogP contribution >= 0.6 is 0 Å². The van der Waals surface area contributed by atoms with E-state index in [0.717, 1.165) is 5.56 Å². The van der Waals surface area contributed by atoms with Crippen molar-refractivity contribution in [1.29, 1.82) is 5.26 Å². The zero-order chi connectivity index (χ0) is 12.6. The molecule has 0 saturated carbocycles. The average Bonchev–Trinajstić information content (AvgIpc) is 3.14. The SMILES string of the molecule is C[C@]1(c2ccc(C#N)cc2)O[C@H]1c1ccccc1. The van der Waals surface area contributed by atoms with Crippen molar-refractivity contribution in [3.63, 3.8) is 0 Å². The van der Waals surface area contributed by atoms with Gasteiger partial charge in [0.25, 0.3) is 0 Å². The standard InChI is InChI=1S/C16H13NO/c1-16(14-9-7-12(11-17)8-10-14)15(18-16)13-5-3-2-4-6-13/h2-10,15H,1H3/t15-,16+/m0/s1. The largest absolute Gasteiger partial charge is 0.356 e. The fourth-order valence-electron chi connectivity index (χ4n) is 2.32. The fraction of sp³-hybridized carbons (Fsp3) is 0.188. The summed E-state index contributed by atoms with van der Waals surface area (Å²) in [5.74, 6) is 0. The van der Waals surface area contributed by atoms with Crippen LogP contribution in [0.15, 0.2) is 54.6 Å². The molecule has 88 valence electrons. The number of rotatable bonds is 2. The fourth-order valence-corrected chi connectivity index (χ4v) is 2.32. The highest BCUT2D eigenvalue weighted by molar-refractivity contribution is 5.39. The van der Waals surface area contributed by atoms with Crippen molar-refractivity contribution < 1.29 is 4.74 Å². The van der Waals surface area contributed by atoms with Gasteiger partial charge in [0.15, 0.2) is 0 Å².